The van der Waals surface area contributed by atoms with Gasteiger partial charge < -0.3 is 10.6 Å². The van der Waals surface area contributed by atoms with Crippen molar-refractivity contribution >= 4 is 28.1 Å². The molecule has 5 nitrogen and oxygen atoms in total. The number of rotatable bonds is 3. The molecule has 98 valence electrons. The molecule has 0 fully saturated rings. The molecule has 2 rings (SSSR count). The highest BCUT2D eigenvalue weighted by atomic mass is 16.1. The van der Waals surface area contributed by atoms with Crippen molar-refractivity contribution < 1.29 is 4.79 Å². The third-order valence-electron chi connectivity index (χ3n) is 2.67. The molecule has 19 heavy (non-hydrogen) atoms. The van der Waals surface area contributed by atoms with Crippen LogP contribution in [0.3, 0.4) is 0 Å². The Labute approximate surface area is 111 Å². The van der Waals surface area contributed by atoms with Crippen molar-refractivity contribution in [3.8, 4) is 0 Å². The predicted octanol–water partition coefficient (Wildman–Crippen LogP) is 2.17. The van der Waals surface area contributed by atoms with Gasteiger partial charge in [0.05, 0.1) is 5.69 Å². The van der Waals surface area contributed by atoms with Gasteiger partial charge in [-0.05, 0) is 24.6 Å². The summed E-state index contributed by atoms with van der Waals surface area (Å²) in [6.45, 7) is 3.45. The minimum atomic E-state index is -0.135. The van der Waals surface area contributed by atoms with Crippen molar-refractivity contribution in [2.75, 3.05) is 12.4 Å². The SMILES string of the molecule is CN/C=C(\C)c1cc2cnc(NC(C)=O)cc2cn1. The molecule has 2 aromatic heterocycles. The monoisotopic (exact) mass is 256 g/mol. The zero-order valence-corrected chi connectivity index (χ0v) is 11.2. The van der Waals surface area contributed by atoms with Crippen LogP contribution < -0.4 is 10.6 Å². The zero-order chi connectivity index (χ0) is 13.8. The molecular formula is C14H16N4O. The molecule has 0 aromatic carbocycles. The van der Waals surface area contributed by atoms with Crippen LogP contribution >= 0.6 is 0 Å². The van der Waals surface area contributed by atoms with Crippen molar-refractivity contribution in [2.45, 2.75) is 13.8 Å². The van der Waals surface area contributed by atoms with Crippen LogP contribution in [0.2, 0.25) is 0 Å². The second kappa shape index (κ2) is 5.48. The van der Waals surface area contributed by atoms with Gasteiger partial charge in [0, 0.05) is 43.3 Å². The summed E-state index contributed by atoms with van der Waals surface area (Å²) in [4.78, 5) is 19.6. The Morgan fingerprint density at radius 1 is 1.16 bits per heavy atom. The van der Waals surface area contributed by atoms with E-state index in [-0.39, 0.29) is 5.91 Å². The minimum Gasteiger partial charge on any atom is -0.394 e. The zero-order valence-electron chi connectivity index (χ0n) is 11.2. The summed E-state index contributed by atoms with van der Waals surface area (Å²) in [6.07, 6.45) is 5.41. The topological polar surface area (TPSA) is 66.9 Å². The van der Waals surface area contributed by atoms with E-state index in [0.717, 1.165) is 22.0 Å². The molecule has 5 heteroatoms. The highest BCUT2D eigenvalue weighted by Crippen LogP contribution is 2.19. The second-order valence-corrected chi connectivity index (χ2v) is 4.28. The fourth-order valence-corrected chi connectivity index (χ4v) is 1.79. The van der Waals surface area contributed by atoms with Gasteiger partial charge in [-0.2, -0.15) is 0 Å². The van der Waals surface area contributed by atoms with Gasteiger partial charge in [0.15, 0.2) is 0 Å². The Bertz CT molecular complexity index is 649. The maximum absolute atomic E-state index is 11.0. The standard InChI is InChI=1S/C14H16N4O/c1-9(6-15-3)13-4-11-8-17-14(18-10(2)19)5-12(11)7-16-13/h4-8,15H,1-3H3,(H,17,18,19)/b9-6+. The number of nitrogens with one attached hydrogen (secondary N) is 2. The second-order valence-electron chi connectivity index (χ2n) is 4.28. The number of fused-ring (bicyclic) bond motifs is 1. The van der Waals surface area contributed by atoms with Crippen LogP contribution in [0.15, 0.2) is 30.7 Å². The molecule has 0 radical (unpaired) electrons. The molecule has 2 aromatic rings. The fraction of sp³-hybridized carbons (Fsp3) is 0.214. The van der Waals surface area contributed by atoms with Gasteiger partial charge in [-0.25, -0.2) is 4.98 Å². The number of amides is 1. The molecular weight excluding hydrogens is 240 g/mol. The largest absolute Gasteiger partial charge is 0.394 e. The summed E-state index contributed by atoms with van der Waals surface area (Å²) >= 11 is 0. The molecule has 0 atom stereocenters. The number of hydrogen-bond donors (Lipinski definition) is 2. The van der Waals surface area contributed by atoms with Gasteiger partial charge in [-0.15, -0.1) is 0 Å². The molecule has 0 aliphatic carbocycles. The first-order valence-electron chi connectivity index (χ1n) is 5.98. The molecule has 0 spiro atoms. The molecule has 0 aliphatic rings. The lowest BCUT2D eigenvalue weighted by molar-refractivity contribution is -0.114. The molecule has 0 saturated carbocycles. The van der Waals surface area contributed by atoms with Gasteiger partial charge in [-0.3, -0.25) is 9.78 Å². The summed E-state index contributed by atoms with van der Waals surface area (Å²) in [5, 5.41) is 7.57. The third kappa shape index (κ3) is 3.07. The van der Waals surface area contributed by atoms with E-state index in [9.17, 15) is 4.79 Å². The van der Waals surface area contributed by atoms with Crippen molar-refractivity contribution in [2.24, 2.45) is 0 Å². The van der Waals surface area contributed by atoms with Gasteiger partial charge in [-0.1, -0.05) is 0 Å². The van der Waals surface area contributed by atoms with Crippen molar-refractivity contribution in [1.82, 2.24) is 15.3 Å². The maximum atomic E-state index is 11.0. The van der Waals surface area contributed by atoms with Crippen LogP contribution in [0.1, 0.15) is 19.5 Å². The fourth-order valence-electron chi connectivity index (χ4n) is 1.79. The number of aromatic nitrogens is 2. The molecule has 1 amide bonds. The Kier molecular flexibility index (Phi) is 3.75. The van der Waals surface area contributed by atoms with Crippen molar-refractivity contribution in [3.63, 3.8) is 0 Å². The third-order valence-corrected chi connectivity index (χ3v) is 2.67. The van der Waals surface area contributed by atoms with Crippen LogP contribution in [-0.2, 0) is 4.79 Å². The van der Waals surface area contributed by atoms with Gasteiger partial charge in [0.25, 0.3) is 0 Å². The van der Waals surface area contributed by atoms with Crippen LogP contribution in [0.5, 0.6) is 0 Å². The van der Waals surface area contributed by atoms with Crippen LogP contribution in [0.4, 0.5) is 5.82 Å². The summed E-state index contributed by atoms with van der Waals surface area (Å²) in [5.74, 6) is 0.404. The molecule has 0 unspecified atom stereocenters. The molecule has 0 bridgehead atoms. The van der Waals surface area contributed by atoms with Gasteiger partial charge in [0.1, 0.15) is 5.82 Å². The normalized spacial score (nSPS) is 11.4. The van der Waals surface area contributed by atoms with Crippen LogP contribution in [0, 0.1) is 0 Å². The summed E-state index contributed by atoms with van der Waals surface area (Å²) in [5.41, 5.74) is 1.95. The van der Waals surface area contributed by atoms with Crippen molar-refractivity contribution in [1.29, 1.82) is 0 Å². The summed E-state index contributed by atoms with van der Waals surface area (Å²) < 4.78 is 0. The van der Waals surface area contributed by atoms with E-state index >= 15 is 0 Å². The van der Waals surface area contributed by atoms with E-state index in [1.807, 2.05) is 32.3 Å². The highest BCUT2D eigenvalue weighted by molar-refractivity contribution is 5.91. The Hall–Kier alpha value is -2.43. The predicted molar refractivity (Wildman–Crippen MR) is 76.6 cm³/mol. The Morgan fingerprint density at radius 3 is 2.53 bits per heavy atom. The minimum absolute atomic E-state index is 0.135. The van der Waals surface area contributed by atoms with E-state index in [2.05, 4.69) is 20.6 Å². The first kappa shape index (κ1) is 13.0. The Morgan fingerprint density at radius 2 is 1.84 bits per heavy atom. The first-order valence-corrected chi connectivity index (χ1v) is 5.98. The van der Waals surface area contributed by atoms with Crippen LogP contribution in [0.25, 0.3) is 16.3 Å². The van der Waals surface area contributed by atoms with Crippen molar-refractivity contribution in [3.05, 3.63) is 36.4 Å². The average molecular weight is 256 g/mol. The van der Waals surface area contributed by atoms with E-state index < -0.39 is 0 Å². The number of carbonyl (C=O) groups is 1. The number of allylic oxidation sites excluding steroid dienone is 1. The summed E-state index contributed by atoms with van der Waals surface area (Å²) in [6, 6.07) is 3.79. The lowest BCUT2D eigenvalue weighted by atomic mass is 10.1. The maximum Gasteiger partial charge on any atom is 0.222 e. The lowest BCUT2D eigenvalue weighted by Crippen LogP contribution is -2.07. The summed E-state index contributed by atoms with van der Waals surface area (Å²) in [7, 11) is 1.85. The number of pyridine rings is 2. The first-order chi connectivity index (χ1) is 9.10. The quantitative estimate of drug-likeness (QED) is 0.883. The molecule has 0 saturated heterocycles. The number of nitrogens with zero attached hydrogens (tertiary/aromatic N) is 2. The van der Waals surface area contributed by atoms with E-state index in [0.29, 0.717) is 5.82 Å². The number of anilines is 1. The van der Waals surface area contributed by atoms with Gasteiger partial charge >= 0.3 is 0 Å². The van der Waals surface area contributed by atoms with Gasteiger partial charge in [0.2, 0.25) is 5.91 Å². The molecule has 2 N–H and O–H groups in total. The molecule has 0 aliphatic heterocycles. The number of carbonyl (C=O) groups excluding carboxylic acids is 1. The molecule has 2 heterocycles. The average Bonchev–Trinajstić information content (AvgIpc) is 2.37. The van der Waals surface area contributed by atoms with E-state index in [4.69, 9.17) is 0 Å². The smallest absolute Gasteiger partial charge is 0.222 e. The number of hydrogen-bond acceptors (Lipinski definition) is 4. The van der Waals surface area contributed by atoms with E-state index in [1.165, 1.54) is 6.92 Å². The van der Waals surface area contributed by atoms with E-state index in [1.54, 1.807) is 12.4 Å². The lowest BCUT2D eigenvalue weighted by Gasteiger charge is -2.05. The Balaban J connectivity index is 2.40. The van der Waals surface area contributed by atoms with Crippen LogP contribution in [-0.4, -0.2) is 22.9 Å². The highest BCUT2D eigenvalue weighted by Gasteiger charge is 2.03.